The number of fused-ring (bicyclic) bond motifs is 2. The van der Waals surface area contributed by atoms with Crippen molar-refractivity contribution in [2.45, 2.75) is 32.7 Å². The number of carbonyl (C=O) groups is 1. The van der Waals surface area contributed by atoms with Crippen molar-refractivity contribution in [1.29, 1.82) is 0 Å². The molecule has 2 aromatic carbocycles. The van der Waals surface area contributed by atoms with Crippen molar-refractivity contribution >= 4 is 32.8 Å². The van der Waals surface area contributed by atoms with Crippen molar-refractivity contribution in [2.75, 3.05) is 33.8 Å². The molecule has 0 saturated heterocycles. The van der Waals surface area contributed by atoms with Crippen LogP contribution in [0.3, 0.4) is 0 Å². The van der Waals surface area contributed by atoms with Crippen molar-refractivity contribution < 1.29 is 13.9 Å². The highest BCUT2D eigenvalue weighted by Crippen LogP contribution is 2.39. The molecular formula is C27H31BrN2O4. The van der Waals surface area contributed by atoms with Gasteiger partial charge in [0.1, 0.15) is 11.3 Å². The van der Waals surface area contributed by atoms with Crippen LogP contribution < -0.4 is 10.2 Å². The Hall–Kier alpha value is -2.64. The third-order valence-electron chi connectivity index (χ3n) is 6.07. The Bertz CT molecular complexity index is 1250. The van der Waals surface area contributed by atoms with Gasteiger partial charge in [-0.25, -0.2) is 0 Å². The van der Waals surface area contributed by atoms with Crippen LogP contribution in [-0.2, 0) is 0 Å². The quantitative estimate of drug-likeness (QED) is 0.369. The lowest BCUT2D eigenvalue weighted by molar-refractivity contribution is 0.0722. The van der Waals surface area contributed by atoms with E-state index >= 15 is 0 Å². The molecule has 180 valence electrons. The van der Waals surface area contributed by atoms with Gasteiger partial charge in [0.15, 0.2) is 5.43 Å². The predicted molar refractivity (Wildman–Crippen MR) is 138 cm³/mol. The SMILES string of the molecule is CC(C)CCOc1cccc(C2c3c(oc4ccc(Br)cc4c3=O)C(=O)N2CCCN(C)C)c1. The predicted octanol–water partition coefficient (Wildman–Crippen LogP) is 5.48. The van der Waals surface area contributed by atoms with E-state index in [1.807, 2.05) is 38.4 Å². The molecule has 6 nitrogen and oxygen atoms in total. The zero-order valence-corrected chi connectivity index (χ0v) is 21.7. The fourth-order valence-electron chi connectivity index (χ4n) is 4.31. The molecule has 0 spiro atoms. The number of benzene rings is 2. The van der Waals surface area contributed by atoms with E-state index in [0.29, 0.717) is 35.6 Å². The third-order valence-corrected chi connectivity index (χ3v) is 6.56. The van der Waals surface area contributed by atoms with E-state index in [2.05, 4.69) is 34.7 Å². The lowest BCUT2D eigenvalue weighted by Crippen LogP contribution is -2.32. The Morgan fingerprint density at radius 1 is 1.15 bits per heavy atom. The molecule has 0 radical (unpaired) electrons. The molecule has 3 aromatic rings. The molecule has 1 amide bonds. The van der Waals surface area contributed by atoms with Gasteiger partial charge in [-0.15, -0.1) is 0 Å². The molecule has 1 unspecified atom stereocenters. The van der Waals surface area contributed by atoms with Crippen LogP contribution in [0, 0.1) is 5.92 Å². The number of amides is 1. The summed E-state index contributed by atoms with van der Waals surface area (Å²) in [6, 6.07) is 12.5. The number of ether oxygens (including phenoxy) is 1. The molecule has 4 rings (SSSR count). The number of rotatable bonds is 9. The summed E-state index contributed by atoms with van der Waals surface area (Å²) in [5.74, 6) is 1.18. The van der Waals surface area contributed by atoms with Gasteiger partial charge in [-0.1, -0.05) is 41.9 Å². The van der Waals surface area contributed by atoms with Crippen LogP contribution in [0.4, 0.5) is 0 Å². The maximum atomic E-state index is 13.7. The first-order valence-electron chi connectivity index (χ1n) is 11.7. The van der Waals surface area contributed by atoms with Crippen LogP contribution >= 0.6 is 15.9 Å². The topological polar surface area (TPSA) is 63.0 Å². The molecule has 0 N–H and O–H groups in total. The van der Waals surface area contributed by atoms with E-state index in [9.17, 15) is 9.59 Å². The summed E-state index contributed by atoms with van der Waals surface area (Å²) < 4.78 is 12.8. The average molecular weight is 527 g/mol. The minimum absolute atomic E-state index is 0.140. The fourth-order valence-corrected chi connectivity index (χ4v) is 4.68. The molecule has 7 heteroatoms. The summed E-state index contributed by atoms with van der Waals surface area (Å²) in [6.07, 6.45) is 1.74. The van der Waals surface area contributed by atoms with Gasteiger partial charge in [-0.3, -0.25) is 9.59 Å². The summed E-state index contributed by atoms with van der Waals surface area (Å²) in [5.41, 5.74) is 1.50. The Morgan fingerprint density at radius 2 is 1.94 bits per heavy atom. The monoisotopic (exact) mass is 526 g/mol. The standard InChI is InChI=1S/C27H31BrN2O4/c1-17(2)11-14-33-20-8-5-7-18(15-20)24-23-25(31)21-16-19(28)9-10-22(21)34-26(23)27(32)30(24)13-6-12-29(3)4/h5,7-10,15-17,24H,6,11-14H2,1-4H3. The Labute approximate surface area is 208 Å². The Balaban J connectivity index is 1.78. The van der Waals surface area contributed by atoms with Crippen LogP contribution in [0.15, 0.2) is 56.1 Å². The number of carbonyl (C=O) groups excluding carboxylic acids is 1. The first kappa shape index (κ1) is 24.5. The second-order valence-corrected chi connectivity index (χ2v) is 10.4. The van der Waals surface area contributed by atoms with Crippen LogP contribution in [0.25, 0.3) is 11.0 Å². The number of hydrogen-bond donors (Lipinski definition) is 0. The molecule has 34 heavy (non-hydrogen) atoms. The molecule has 0 bridgehead atoms. The zero-order chi connectivity index (χ0) is 24.4. The number of hydrogen-bond acceptors (Lipinski definition) is 5. The molecule has 1 atom stereocenters. The Kier molecular flexibility index (Phi) is 7.43. The second kappa shape index (κ2) is 10.3. The largest absolute Gasteiger partial charge is 0.494 e. The summed E-state index contributed by atoms with van der Waals surface area (Å²) in [5, 5.41) is 0.463. The first-order chi connectivity index (χ1) is 16.3. The first-order valence-corrected chi connectivity index (χ1v) is 12.5. The third kappa shape index (κ3) is 5.05. The van der Waals surface area contributed by atoms with Gasteiger partial charge >= 0.3 is 0 Å². The van der Waals surface area contributed by atoms with Gasteiger partial charge in [0.05, 0.1) is 23.6 Å². The molecular weight excluding hydrogens is 496 g/mol. The van der Waals surface area contributed by atoms with Gasteiger partial charge in [-0.2, -0.15) is 0 Å². The van der Waals surface area contributed by atoms with Crippen LogP contribution in [0.1, 0.15) is 54.4 Å². The van der Waals surface area contributed by atoms with Gasteiger partial charge in [-0.05, 0) is 75.3 Å². The maximum absolute atomic E-state index is 13.7. The van der Waals surface area contributed by atoms with Gasteiger partial charge in [0, 0.05) is 11.0 Å². The average Bonchev–Trinajstić information content (AvgIpc) is 3.06. The van der Waals surface area contributed by atoms with E-state index in [4.69, 9.17) is 9.15 Å². The normalized spacial score (nSPS) is 15.6. The highest BCUT2D eigenvalue weighted by molar-refractivity contribution is 9.10. The maximum Gasteiger partial charge on any atom is 0.290 e. The number of halogens is 1. The minimum Gasteiger partial charge on any atom is -0.494 e. The lowest BCUT2D eigenvalue weighted by atomic mass is 9.98. The smallest absolute Gasteiger partial charge is 0.290 e. The molecule has 1 aliphatic heterocycles. The lowest BCUT2D eigenvalue weighted by Gasteiger charge is -2.26. The van der Waals surface area contributed by atoms with Crippen LogP contribution in [-0.4, -0.2) is 49.5 Å². The van der Waals surface area contributed by atoms with E-state index in [1.54, 1.807) is 23.1 Å². The minimum atomic E-state index is -0.516. The summed E-state index contributed by atoms with van der Waals surface area (Å²) in [6.45, 7) is 6.29. The van der Waals surface area contributed by atoms with Crippen LogP contribution in [0.5, 0.6) is 5.75 Å². The molecule has 1 aliphatic rings. The van der Waals surface area contributed by atoms with Crippen LogP contribution in [0.2, 0.25) is 0 Å². The van der Waals surface area contributed by atoms with E-state index < -0.39 is 6.04 Å². The van der Waals surface area contributed by atoms with E-state index in [1.165, 1.54) is 0 Å². The molecule has 1 aromatic heterocycles. The van der Waals surface area contributed by atoms with Crippen molar-refractivity contribution in [2.24, 2.45) is 5.92 Å². The summed E-state index contributed by atoms with van der Waals surface area (Å²) in [4.78, 5) is 31.0. The van der Waals surface area contributed by atoms with Gasteiger partial charge < -0.3 is 19.0 Å². The van der Waals surface area contributed by atoms with Gasteiger partial charge in [0.25, 0.3) is 5.91 Å². The highest BCUT2D eigenvalue weighted by Gasteiger charge is 2.42. The molecule has 0 saturated carbocycles. The van der Waals surface area contributed by atoms with E-state index in [0.717, 1.165) is 35.2 Å². The Morgan fingerprint density at radius 3 is 2.68 bits per heavy atom. The molecule has 2 heterocycles. The van der Waals surface area contributed by atoms with Crippen molar-refractivity contribution in [1.82, 2.24) is 9.80 Å². The highest BCUT2D eigenvalue weighted by atomic mass is 79.9. The van der Waals surface area contributed by atoms with E-state index in [-0.39, 0.29) is 17.1 Å². The summed E-state index contributed by atoms with van der Waals surface area (Å²) in [7, 11) is 4.01. The van der Waals surface area contributed by atoms with Gasteiger partial charge in [0.2, 0.25) is 5.76 Å². The zero-order valence-electron chi connectivity index (χ0n) is 20.1. The molecule has 0 fully saturated rings. The van der Waals surface area contributed by atoms with Crippen molar-refractivity contribution in [3.8, 4) is 5.75 Å². The van der Waals surface area contributed by atoms with Crippen molar-refractivity contribution in [3.05, 3.63) is 74.0 Å². The fraction of sp³-hybridized carbons (Fsp3) is 0.407. The number of nitrogens with zero attached hydrogens (tertiary/aromatic N) is 2. The summed E-state index contributed by atoms with van der Waals surface area (Å²) >= 11 is 3.44. The molecule has 0 aliphatic carbocycles. The van der Waals surface area contributed by atoms with Crippen molar-refractivity contribution in [3.63, 3.8) is 0 Å². The second-order valence-electron chi connectivity index (χ2n) is 9.48.